The molecule has 0 bridgehead atoms. The summed E-state index contributed by atoms with van der Waals surface area (Å²) in [6.45, 7) is 0.521. The zero-order chi connectivity index (χ0) is 13.8. The van der Waals surface area contributed by atoms with Gasteiger partial charge in [-0.05, 0) is 43.4 Å². The van der Waals surface area contributed by atoms with Gasteiger partial charge in [-0.1, -0.05) is 6.42 Å². The lowest BCUT2D eigenvalue weighted by Crippen LogP contribution is -2.33. The number of nitrogens with two attached hydrogens (primary N) is 1. The fourth-order valence-corrected chi connectivity index (χ4v) is 2.52. The molecule has 4 N–H and O–H groups in total. The highest BCUT2D eigenvalue weighted by atomic mass is 19.1. The fourth-order valence-electron chi connectivity index (χ4n) is 2.52. The highest BCUT2D eigenvalue weighted by molar-refractivity contribution is 5.99. The Morgan fingerprint density at radius 1 is 1.47 bits per heavy atom. The molecule has 1 aromatic rings. The van der Waals surface area contributed by atoms with Crippen molar-refractivity contribution in [1.29, 1.82) is 0 Å². The quantitative estimate of drug-likeness (QED) is 0.729. The van der Waals surface area contributed by atoms with E-state index in [1.807, 2.05) is 0 Å². The average molecular weight is 266 g/mol. The third kappa shape index (κ3) is 3.67. The van der Waals surface area contributed by atoms with E-state index in [0.29, 0.717) is 12.5 Å². The topological polar surface area (TPSA) is 75.4 Å². The molecule has 104 valence electrons. The molecular weight excluding hydrogens is 247 g/mol. The smallest absolute Gasteiger partial charge is 0.253 e. The first-order valence-electron chi connectivity index (χ1n) is 6.57. The van der Waals surface area contributed by atoms with Crippen LogP contribution in [0.15, 0.2) is 18.2 Å². The third-order valence-corrected chi connectivity index (χ3v) is 3.56. The molecule has 0 saturated heterocycles. The molecule has 1 aromatic carbocycles. The molecular formula is C14H19FN2O2. The van der Waals surface area contributed by atoms with E-state index in [1.54, 1.807) is 0 Å². The SMILES string of the molecule is Nc1cc(F)ccc1C(=O)NCC1CCCC(O)C1. The largest absolute Gasteiger partial charge is 0.398 e. The molecule has 1 saturated carbocycles. The second-order valence-corrected chi connectivity index (χ2v) is 5.13. The van der Waals surface area contributed by atoms with Crippen LogP contribution in [0.2, 0.25) is 0 Å². The number of nitrogen functional groups attached to an aromatic ring is 1. The molecule has 19 heavy (non-hydrogen) atoms. The molecule has 0 spiro atoms. The van der Waals surface area contributed by atoms with E-state index in [0.717, 1.165) is 31.7 Å². The monoisotopic (exact) mass is 266 g/mol. The number of aliphatic hydroxyl groups excluding tert-OH is 1. The van der Waals surface area contributed by atoms with Crippen LogP contribution in [0.3, 0.4) is 0 Å². The number of halogens is 1. The summed E-state index contributed by atoms with van der Waals surface area (Å²) in [5.41, 5.74) is 6.04. The van der Waals surface area contributed by atoms with Gasteiger partial charge in [0.15, 0.2) is 0 Å². The molecule has 0 radical (unpaired) electrons. The number of benzene rings is 1. The molecule has 2 unspecified atom stereocenters. The second kappa shape index (κ2) is 6.02. The van der Waals surface area contributed by atoms with Crippen molar-refractivity contribution in [2.24, 2.45) is 5.92 Å². The minimum Gasteiger partial charge on any atom is -0.398 e. The van der Waals surface area contributed by atoms with Gasteiger partial charge in [0.25, 0.3) is 5.91 Å². The number of amides is 1. The number of aliphatic hydroxyl groups is 1. The summed E-state index contributed by atoms with van der Waals surface area (Å²) in [5, 5.41) is 12.4. The summed E-state index contributed by atoms with van der Waals surface area (Å²) in [4.78, 5) is 11.9. The predicted octanol–water partition coefficient (Wildman–Crippen LogP) is 1.69. The van der Waals surface area contributed by atoms with Crippen LogP contribution < -0.4 is 11.1 Å². The van der Waals surface area contributed by atoms with E-state index < -0.39 is 5.82 Å². The van der Waals surface area contributed by atoms with E-state index in [4.69, 9.17) is 5.73 Å². The van der Waals surface area contributed by atoms with Crippen molar-refractivity contribution < 1.29 is 14.3 Å². The van der Waals surface area contributed by atoms with Crippen molar-refractivity contribution in [2.45, 2.75) is 31.8 Å². The number of hydrogen-bond donors (Lipinski definition) is 3. The predicted molar refractivity (Wildman–Crippen MR) is 71.1 cm³/mol. The number of carbonyl (C=O) groups excluding carboxylic acids is 1. The summed E-state index contributed by atoms with van der Waals surface area (Å²) >= 11 is 0. The molecule has 0 aliphatic heterocycles. The fraction of sp³-hybridized carbons (Fsp3) is 0.500. The molecule has 5 heteroatoms. The van der Waals surface area contributed by atoms with Crippen molar-refractivity contribution >= 4 is 11.6 Å². The number of rotatable bonds is 3. The van der Waals surface area contributed by atoms with Gasteiger partial charge in [-0.2, -0.15) is 0 Å². The molecule has 2 atom stereocenters. The Bertz CT molecular complexity index is 465. The first-order valence-corrected chi connectivity index (χ1v) is 6.57. The number of nitrogens with one attached hydrogen (secondary N) is 1. The van der Waals surface area contributed by atoms with Crippen LogP contribution in [0, 0.1) is 11.7 Å². The van der Waals surface area contributed by atoms with Gasteiger partial charge in [-0.3, -0.25) is 4.79 Å². The van der Waals surface area contributed by atoms with Crippen molar-refractivity contribution in [3.63, 3.8) is 0 Å². The molecule has 0 heterocycles. The van der Waals surface area contributed by atoms with Gasteiger partial charge < -0.3 is 16.2 Å². The van der Waals surface area contributed by atoms with Gasteiger partial charge in [0.2, 0.25) is 0 Å². The lowest BCUT2D eigenvalue weighted by molar-refractivity contribution is 0.0874. The van der Waals surface area contributed by atoms with E-state index in [9.17, 15) is 14.3 Å². The zero-order valence-electron chi connectivity index (χ0n) is 10.7. The van der Waals surface area contributed by atoms with Crippen molar-refractivity contribution in [3.8, 4) is 0 Å². The number of anilines is 1. The molecule has 0 aromatic heterocycles. The maximum absolute atomic E-state index is 12.9. The first kappa shape index (κ1) is 13.8. The van der Waals surface area contributed by atoms with Gasteiger partial charge in [-0.15, -0.1) is 0 Å². The summed E-state index contributed by atoms with van der Waals surface area (Å²) in [6.07, 6.45) is 3.30. The highest BCUT2D eigenvalue weighted by Crippen LogP contribution is 2.23. The van der Waals surface area contributed by atoms with Gasteiger partial charge >= 0.3 is 0 Å². The van der Waals surface area contributed by atoms with Crippen LogP contribution in [0.25, 0.3) is 0 Å². The Morgan fingerprint density at radius 3 is 2.95 bits per heavy atom. The minimum absolute atomic E-state index is 0.140. The van der Waals surface area contributed by atoms with E-state index >= 15 is 0 Å². The molecule has 1 fully saturated rings. The standard InChI is InChI=1S/C14H19FN2O2/c15-10-4-5-12(13(16)7-10)14(19)17-8-9-2-1-3-11(18)6-9/h4-5,7,9,11,18H,1-3,6,8,16H2,(H,17,19). The first-order chi connectivity index (χ1) is 9.06. The lowest BCUT2D eigenvalue weighted by Gasteiger charge is -2.25. The van der Waals surface area contributed by atoms with Gasteiger partial charge in [0.1, 0.15) is 5.82 Å². The minimum atomic E-state index is -0.454. The number of carbonyl (C=O) groups is 1. The molecule has 2 rings (SSSR count). The number of hydrogen-bond acceptors (Lipinski definition) is 3. The molecule has 1 aliphatic carbocycles. The molecule has 1 aliphatic rings. The van der Waals surface area contributed by atoms with Gasteiger partial charge in [-0.25, -0.2) is 4.39 Å². The second-order valence-electron chi connectivity index (χ2n) is 5.13. The van der Waals surface area contributed by atoms with Crippen LogP contribution in [-0.4, -0.2) is 23.7 Å². The third-order valence-electron chi connectivity index (χ3n) is 3.56. The van der Waals surface area contributed by atoms with Crippen LogP contribution >= 0.6 is 0 Å². The Balaban J connectivity index is 1.90. The summed E-state index contributed by atoms with van der Waals surface area (Å²) < 4.78 is 12.9. The lowest BCUT2D eigenvalue weighted by atomic mass is 9.87. The van der Waals surface area contributed by atoms with E-state index in [-0.39, 0.29) is 23.3 Å². The van der Waals surface area contributed by atoms with E-state index in [1.165, 1.54) is 12.1 Å². The van der Waals surface area contributed by atoms with Crippen molar-refractivity contribution in [2.75, 3.05) is 12.3 Å². The van der Waals surface area contributed by atoms with Crippen LogP contribution in [-0.2, 0) is 0 Å². The van der Waals surface area contributed by atoms with Crippen LogP contribution in [0.5, 0.6) is 0 Å². The average Bonchev–Trinajstić information content (AvgIpc) is 2.36. The maximum atomic E-state index is 12.9. The van der Waals surface area contributed by atoms with Crippen molar-refractivity contribution in [3.05, 3.63) is 29.6 Å². The normalized spacial score (nSPS) is 23.1. The van der Waals surface area contributed by atoms with Crippen LogP contribution in [0.1, 0.15) is 36.0 Å². The van der Waals surface area contributed by atoms with Crippen molar-refractivity contribution in [1.82, 2.24) is 5.32 Å². The summed E-state index contributed by atoms with van der Waals surface area (Å²) in [6, 6.07) is 3.74. The molecule has 4 nitrogen and oxygen atoms in total. The maximum Gasteiger partial charge on any atom is 0.253 e. The summed E-state index contributed by atoms with van der Waals surface area (Å²) in [7, 11) is 0. The Labute approximate surface area is 111 Å². The van der Waals surface area contributed by atoms with Crippen LogP contribution in [0.4, 0.5) is 10.1 Å². The Morgan fingerprint density at radius 2 is 2.26 bits per heavy atom. The Kier molecular flexibility index (Phi) is 4.37. The zero-order valence-corrected chi connectivity index (χ0v) is 10.7. The highest BCUT2D eigenvalue weighted by Gasteiger charge is 2.21. The molecule has 1 amide bonds. The van der Waals surface area contributed by atoms with Gasteiger partial charge in [0, 0.05) is 12.2 Å². The Hall–Kier alpha value is -1.62. The van der Waals surface area contributed by atoms with Gasteiger partial charge in [0.05, 0.1) is 11.7 Å². The summed E-state index contributed by atoms with van der Waals surface area (Å²) in [5.74, 6) is -0.448. The van der Waals surface area contributed by atoms with E-state index in [2.05, 4.69) is 5.32 Å².